The number of piperazine rings is 1. The Labute approximate surface area is 187 Å². The molecule has 0 spiro atoms. The minimum Gasteiger partial charge on any atom is -0.497 e. The van der Waals surface area contributed by atoms with E-state index in [9.17, 15) is 4.79 Å². The lowest BCUT2D eigenvalue weighted by Crippen LogP contribution is -2.54. The highest BCUT2D eigenvalue weighted by molar-refractivity contribution is 5.80. The van der Waals surface area contributed by atoms with E-state index in [1.165, 1.54) is 5.56 Å². The van der Waals surface area contributed by atoms with Crippen LogP contribution in [0.5, 0.6) is 5.75 Å². The third-order valence-corrected chi connectivity index (χ3v) is 5.48. The normalized spacial score (nSPS) is 15.6. The molecule has 0 radical (unpaired) electrons. The second-order valence-corrected chi connectivity index (χ2v) is 8.39. The number of guanidine groups is 1. The van der Waals surface area contributed by atoms with Crippen LogP contribution in [0.1, 0.15) is 26.3 Å². The molecule has 31 heavy (non-hydrogen) atoms. The van der Waals surface area contributed by atoms with E-state index in [1.54, 1.807) is 14.2 Å². The molecule has 0 saturated carbocycles. The molecule has 1 amide bonds. The lowest BCUT2D eigenvalue weighted by atomic mass is 9.84. The summed E-state index contributed by atoms with van der Waals surface area (Å²) in [6.45, 7) is 12.9. The van der Waals surface area contributed by atoms with Gasteiger partial charge in [-0.1, -0.05) is 26.0 Å². The van der Waals surface area contributed by atoms with Gasteiger partial charge in [-0.25, -0.2) is 0 Å². The molecule has 0 unspecified atom stereocenters. The van der Waals surface area contributed by atoms with Crippen LogP contribution in [0.25, 0.3) is 0 Å². The van der Waals surface area contributed by atoms with Gasteiger partial charge in [-0.15, -0.1) is 0 Å². The standard InChI is InChI=1S/C23H39N5O3/c1-6-24-22(26-18-23(2,3)19-8-7-9-20(16-19)31-5)28-13-11-27(12-14-28)17-21(29)25-10-15-30-4/h7-9,16H,6,10-15,17-18H2,1-5H3,(H,24,26)(H,25,29). The van der Waals surface area contributed by atoms with Gasteiger partial charge in [0, 0.05) is 51.8 Å². The predicted octanol–water partition coefficient (Wildman–Crippen LogP) is 1.32. The molecule has 0 aliphatic carbocycles. The van der Waals surface area contributed by atoms with Crippen molar-refractivity contribution in [3.05, 3.63) is 29.8 Å². The van der Waals surface area contributed by atoms with Crippen molar-refractivity contribution in [2.75, 3.05) is 73.2 Å². The van der Waals surface area contributed by atoms with E-state index in [4.69, 9.17) is 14.5 Å². The Hall–Kier alpha value is -2.32. The first-order valence-corrected chi connectivity index (χ1v) is 11.1. The fourth-order valence-corrected chi connectivity index (χ4v) is 3.50. The molecule has 1 heterocycles. The molecule has 1 aliphatic rings. The molecule has 8 nitrogen and oxygen atoms in total. The van der Waals surface area contributed by atoms with E-state index in [-0.39, 0.29) is 11.3 Å². The van der Waals surface area contributed by atoms with Crippen molar-refractivity contribution in [1.82, 2.24) is 20.4 Å². The van der Waals surface area contributed by atoms with Gasteiger partial charge in [0.05, 0.1) is 26.8 Å². The zero-order chi connectivity index (χ0) is 22.7. The van der Waals surface area contributed by atoms with Gasteiger partial charge < -0.3 is 25.0 Å². The summed E-state index contributed by atoms with van der Waals surface area (Å²) in [6, 6.07) is 8.19. The summed E-state index contributed by atoms with van der Waals surface area (Å²) in [4.78, 5) is 21.5. The number of hydrogen-bond acceptors (Lipinski definition) is 5. The molecular formula is C23H39N5O3. The SMILES string of the molecule is CCNC(=NCC(C)(C)c1cccc(OC)c1)N1CCN(CC(=O)NCCOC)CC1. The van der Waals surface area contributed by atoms with Crippen LogP contribution >= 0.6 is 0 Å². The van der Waals surface area contributed by atoms with Gasteiger partial charge in [0.25, 0.3) is 0 Å². The molecule has 174 valence electrons. The Balaban J connectivity index is 1.93. The minimum absolute atomic E-state index is 0.0473. The Morgan fingerprint density at radius 3 is 2.55 bits per heavy atom. The van der Waals surface area contributed by atoms with Gasteiger partial charge in [-0.3, -0.25) is 14.7 Å². The summed E-state index contributed by atoms with van der Waals surface area (Å²) in [7, 11) is 3.32. The Kier molecular flexibility index (Phi) is 10.1. The third kappa shape index (κ3) is 8.03. The quantitative estimate of drug-likeness (QED) is 0.329. The minimum atomic E-state index is -0.114. The van der Waals surface area contributed by atoms with E-state index in [0.717, 1.165) is 44.4 Å². The van der Waals surface area contributed by atoms with E-state index in [2.05, 4.69) is 53.3 Å². The predicted molar refractivity (Wildman–Crippen MR) is 125 cm³/mol. The number of rotatable bonds is 10. The lowest BCUT2D eigenvalue weighted by molar-refractivity contribution is -0.122. The molecule has 1 saturated heterocycles. The zero-order valence-corrected chi connectivity index (χ0v) is 19.7. The summed E-state index contributed by atoms with van der Waals surface area (Å²) in [5.41, 5.74) is 1.09. The topological polar surface area (TPSA) is 78.4 Å². The Morgan fingerprint density at radius 1 is 1.16 bits per heavy atom. The average Bonchev–Trinajstić information content (AvgIpc) is 2.77. The third-order valence-electron chi connectivity index (χ3n) is 5.48. The van der Waals surface area contributed by atoms with Crippen LogP contribution in [0.15, 0.2) is 29.3 Å². The number of carbonyl (C=O) groups excluding carboxylic acids is 1. The monoisotopic (exact) mass is 433 g/mol. The molecule has 1 aromatic rings. The largest absolute Gasteiger partial charge is 0.497 e. The van der Waals surface area contributed by atoms with E-state index in [0.29, 0.717) is 26.2 Å². The number of nitrogens with zero attached hydrogens (tertiary/aromatic N) is 3. The van der Waals surface area contributed by atoms with Crippen LogP contribution in [-0.4, -0.2) is 94.9 Å². The van der Waals surface area contributed by atoms with E-state index in [1.807, 2.05) is 12.1 Å². The fourth-order valence-electron chi connectivity index (χ4n) is 3.50. The molecule has 8 heteroatoms. The molecule has 0 bridgehead atoms. The molecule has 1 fully saturated rings. The van der Waals surface area contributed by atoms with Crippen LogP contribution in [0.3, 0.4) is 0 Å². The van der Waals surface area contributed by atoms with Crippen LogP contribution in [0, 0.1) is 0 Å². The number of methoxy groups -OCH3 is 2. The first-order chi connectivity index (χ1) is 14.9. The summed E-state index contributed by atoms with van der Waals surface area (Å²) < 4.78 is 10.3. The van der Waals surface area contributed by atoms with Gasteiger partial charge in [0.2, 0.25) is 5.91 Å². The average molecular weight is 434 g/mol. The molecule has 1 aliphatic heterocycles. The van der Waals surface area contributed by atoms with Crippen molar-refractivity contribution in [2.24, 2.45) is 4.99 Å². The van der Waals surface area contributed by atoms with Crippen molar-refractivity contribution in [3.8, 4) is 5.75 Å². The maximum atomic E-state index is 12.0. The molecule has 2 N–H and O–H groups in total. The van der Waals surface area contributed by atoms with Gasteiger partial charge in [-0.2, -0.15) is 0 Å². The highest BCUT2D eigenvalue weighted by Crippen LogP contribution is 2.26. The van der Waals surface area contributed by atoms with Gasteiger partial charge in [-0.05, 0) is 24.6 Å². The van der Waals surface area contributed by atoms with Crippen molar-refractivity contribution in [3.63, 3.8) is 0 Å². The van der Waals surface area contributed by atoms with Crippen molar-refractivity contribution < 1.29 is 14.3 Å². The summed E-state index contributed by atoms with van der Waals surface area (Å²) >= 11 is 0. The van der Waals surface area contributed by atoms with Gasteiger partial charge >= 0.3 is 0 Å². The number of hydrogen-bond donors (Lipinski definition) is 2. The smallest absolute Gasteiger partial charge is 0.234 e. The maximum Gasteiger partial charge on any atom is 0.234 e. The van der Waals surface area contributed by atoms with Crippen LogP contribution in [0.4, 0.5) is 0 Å². The lowest BCUT2D eigenvalue weighted by Gasteiger charge is -2.36. The second kappa shape index (κ2) is 12.5. The first kappa shape index (κ1) is 24.9. The van der Waals surface area contributed by atoms with Crippen molar-refractivity contribution >= 4 is 11.9 Å². The van der Waals surface area contributed by atoms with Crippen LogP contribution in [-0.2, 0) is 14.9 Å². The number of benzene rings is 1. The molecular weight excluding hydrogens is 394 g/mol. The van der Waals surface area contributed by atoms with E-state index < -0.39 is 0 Å². The van der Waals surface area contributed by atoms with Crippen molar-refractivity contribution in [1.29, 1.82) is 0 Å². The maximum absolute atomic E-state index is 12.0. The number of ether oxygens (including phenoxy) is 2. The number of nitrogens with one attached hydrogen (secondary N) is 2. The highest BCUT2D eigenvalue weighted by Gasteiger charge is 2.24. The van der Waals surface area contributed by atoms with Crippen LogP contribution in [0.2, 0.25) is 0 Å². The number of carbonyl (C=O) groups is 1. The first-order valence-electron chi connectivity index (χ1n) is 11.1. The summed E-state index contributed by atoms with van der Waals surface area (Å²) in [6.07, 6.45) is 0. The van der Waals surface area contributed by atoms with Gasteiger partial charge in [0.15, 0.2) is 5.96 Å². The van der Waals surface area contributed by atoms with E-state index >= 15 is 0 Å². The Morgan fingerprint density at radius 2 is 1.90 bits per heavy atom. The molecule has 1 aromatic carbocycles. The molecule has 0 atom stereocenters. The van der Waals surface area contributed by atoms with Crippen LogP contribution < -0.4 is 15.4 Å². The second-order valence-electron chi connectivity index (χ2n) is 8.39. The highest BCUT2D eigenvalue weighted by atomic mass is 16.5. The van der Waals surface area contributed by atoms with Gasteiger partial charge in [0.1, 0.15) is 5.75 Å². The molecule has 0 aromatic heterocycles. The number of aliphatic imine (C=N–C) groups is 1. The number of amides is 1. The Bertz CT molecular complexity index is 715. The molecule has 2 rings (SSSR count). The zero-order valence-electron chi connectivity index (χ0n) is 19.7. The summed E-state index contributed by atoms with van der Waals surface area (Å²) in [5, 5.41) is 6.31. The van der Waals surface area contributed by atoms with Crippen molar-refractivity contribution in [2.45, 2.75) is 26.2 Å². The summed E-state index contributed by atoms with van der Waals surface area (Å²) in [5.74, 6) is 1.85. The fraction of sp³-hybridized carbons (Fsp3) is 0.652.